The van der Waals surface area contributed by atoms with Crippen LogP contribution in [0.4, 0.5) is 0 Å². The van der Waals surface area contributed by atoms with E-state index in [1.807, 2.05) is 11.8 Å². The predicted octanol–water partition coefficient (Wildman–Crippen LogP) is -0.741. The van der Waals surface area contributed by atoms with Crippen LogP contribution in [0.25, 0.3) is 0 Å². The molecule has 8 heteroatoms. The monoisotopic (exact) mass is 309 g/mol. The van der Waals surface area contributed by atoms with Crippen molar-refractivity contribution in [2.45, 2.75) is 24.8 Å². The molecule has 0 aliphatic carbocycles. The molecule has 1 rings (SSSR count). The predicted molar refractivity (Wildman–Crippen MR) is 78.8 cm³/mol. The van der Waals surface area contributed by atoms with E-state index in [-0.39, 0.29) is 24.9 Å². The largest absolute Gasteiger partial charge is 0.356 e. The molecule has 1 aliphatic heterocycles. The van der Waals surface area contributed by atoms with Crippen LogP contribution in [-0.4, -0.2) is 68.0 Å². The zero-order valence-electron chi connectivity index (χ0n) is 11.5. The highest BCUT2D eigenvalue weighted by atomic mass is 32.2. The molecule has 0 bridgehead atoms. The van der Waals surface area contributed by atoms with Crippen LogP contribution in [0.5, 0.6) is 0 Å². The zero-order chi connectivity index (χ0) is 14.5. The number of hydrogen-bond donors (Lipinski definition) is 2. The summed E-state index contributed by atoms with van der Waals surface area (Å²) >= 11 is 1.63. The van der Waals surface area contributed by atoms with Crippen molar-refractivity contribution in [1.82, 2.24) is 10.2 Å². The summed E-state index contributed by atoms with van der Waals surface area (Å²) in [6.07, 6.45) is 1.50. The summed E-state index contributed by atoms with van der Waals surface area (Å²) in [5, 5.41) is 2.19. The molecule has 0 radical (unpaired) electrons. The smallest absolute Gasteiger partial charge is 0.221 e. The Balaban J connectivity index is 2.79. The lowest BCUT2D eigenvalue weighted by Crippen LogP contribution is -2.55. The first-order chi connectivity index (χ1) is 8.90. The number of nitrogens with one attached hydrogen (secondary N) is 1. The molecule has 1 heterocycles. The van der Waals surface area contributed by atoms with Crippen LogP contribution < -0.4 is 11.1 Å². The lowest BCUT2D eigenvalue weighted by Gasteiger charge is -2.39. The van der Waals surface area contributed by atoms with Gasteiger partial charge in [0.25, 0.3) is 0 Å². The summed E-state index contributed by atoms with van der Waals surface area (Å²) in [5.74, 6) is 1.34. The lowest BCUT2D eigenvalue weighted by atomic mass is 10.1. The van der Waals surface area contributed by atoms with E-state index >= 15 is 0 Å². The van der Waals surface area contributed by atoms with Gasteiger partial charge in [-0.2, -0.15) is 11.8 Å². The summed E-state index contributed by atoms with van der Waals surface area (Å²) < 4.78 is 23.7. The fraction of sp³-hybridized carbons (Fsp3) is 0.909. The van der Waals surface area contributed by atoms with Crippen molar-refractivity contribution in [1.29, 1.82) is 0 Å². The van der Waals surface area contributed by atoms with Crippen molar-refractivity contribution in [3.05, 3.63) is 0 Å². The van der Waals surface area contributed by atoms with Crippen molar-refractivity contribution in [3.63, 3.8) is 0 Å². The highest BCUT2D eigenvalue weighted by Crippen LogP contribution is 2.23. The number of nitrogens with zero attached hydrogens (tertiary/aromatic N) is 1. The first kappa shape index (κ1) is 16.7. The van der Waals surface area contributed by atoms with Crippen molar-refractivity contribution in [2.75, 3.05) is 37.4 Å². The van der Waals surface area contributed by atoms with Crippen LogP contribution in [0, 0.1) is 0 Å². The molecule has 1 saturated heterocycles. The summed E-state index contributed by atoms with van der Waals surface area (Å²) in [6.45, 7) is 3.37. The van der Waals surface area contributed by atoms with Gasteiger partial charge in [-0.05, 0) is 6.92 Å². The third-order valence-corrected chi connectivity index (χ3v) is 5.81. The minimum Gasteiger partial charge on any atom is -0.356 e. The molecule has 112 valence electrons. The molecule has 0 aromatic rings. The van der Waals surface area contributed by atoms with Crippen LogP contribution in [0.1, 0.15) is 13.3 Å². The molecule has 6 nitrogen and oxygen atoms in total. The molecule has 3 N–H and O–H groups in total. The molecule has 0 spiro atoms. The van der Waals surface area contributed by atoms with E-state index in [9.17, 15) is 13.2 Å². The summed E-state index contributed by atoms with van der Waals surface area (Å²) in [6, 6.07) is -0.216. The van der Waals surface area contributed by atoms with Gasteiger partial charge in [-0.25, -0.2) is 8.42 Å². The number of rotatable bonds is 6. The standard InChI is InChI=1S/C11H23N3O3S2/c1-3-13-10(15)6-9(7-12)14-4-5-18-8-11(14)19(2,16)17/h9,11H,3-8,12H2,1-2H3,(H,13,15). The van der Waals surface area contributed by atoms with Crippen molar-refractivity contribution in [3.8, 4) is 0 Å². The molecule has 0 aromatic heterocycles. The van der Waals surface area contributed by atoms with Crippen molar-refractivity contribution < 1.29 is 13.2 Å². The fourth-order valence-corrected chi connectivity index (χ4v) is 5.15. The minimum absolute atomic E-state index is 0.0802. The number of amides is 1. The Morgan fingerprint density at radius 3 is 2.79 bits per heavy atom. The topological polar surface area (TPSA) is 92.5 Å². The average molecular weight is 309 g/mol. The fourth-order valence-electron chi connectivity index (χ4n) is 2.20. The number of carbonyl (C=O) groups excluding carboxylic acids is 1. The maximum atomic E-state index is 11.8. The minimum atomic E-state index is -3.16. The maximum absolute atomic E-state index is 11.8. The SMILES string of the molecule is CCNC(=O)CC(CN)N1CCSCC1S(C)(=O)=O. The van der Waals surface area contributed by atoms with E-state index in [1.54, 1.807) is 11.8 Å². The number of nitrogens with two attached hydrogens (primary N) is 1. The average Bonchev–Trinajstić information content (AvgIpc) is 2.35. The Labute approximate surface area is 119 Å². The van der Waals surface area contributed by atoms with Crippen LogP contribution >= 0.6 is 11.8 Å². The quantitative estimate of drug-likeness (QED) is 0.671. The lowest BCUT2D eigenvalue weighted by molar-refractivity contribution is -0.122. The second kappa shape index (κ2) is 7.47. The second-order valence-corrected chi connectivity index (χ2v) is 8.00. The number of carbonyl (C=O) groups is 1. The van der Waals surface area contributed by atoms with E-state index < -0.39 is 15.2 Å². The third-order valence-electron chi connectivity index (χ3n) is 3.15. The van der Waals surface area contributed by atoms with Gasteiger partial charge in [0, 0.05) is 49.9 Å². The summed E-state index contributed by atoms with van der Waals surface area (Å²) in [4.78, 5) is 13.5. The molecular weight excluding hydrogens is 286 g/mol. The third kappa shape index (κ3) is 4.94. The Hall–Kier alpha value is -0.310. The molecule has 1 aliphatic rings. The van der Waals surface area contributed by atoms with Crippen LogP contribution in [0.3, 0.4) is 0 Å². The normalized spacial score (nSPS) is 23.0. The van der Waals surface area contributed by atoms with Gasteiger partial charge in [-0.3, -0.25) is 9.69 Å². The van der Waals surface area contributed by atoms with Gasteiger partial charge < -0.3 is 11.1 Å². The van der Waals surface area contributed by atoms with Gasteiger partial charge in [-0.1, -0.05) is 0 Å². The van der Waals surface area contributed by atoms with Crippen molar-refractivity contribution >= 4 is 27.5 Å². The summed E-state index contributed by atoms with van der Waals surface area (Å²) in [5.41, 5.74) is 5.73. The molecule has 2 atom stereocenters. The highest BCUT2D eigenvalue weighted by molar-refractivity contribution is 8.00. The van der Waals surface area contributed by atoms with Gasteiger partial charge in [-0.15, -0.1) is 0 Å². The Morgan fingerprint density at radius 1 is 1.58 bits per heavy atom. The van der Waals surface area contributed by atoms with Crippen LogP contribution in [-0.2, 0) is 14.6 Å². The van der Waals surface area contributed by atoms with Crippen LogP contribution in [0.2, 0.25) is 0 Å². The number of sulfone groups is 1. The van der Waals surface area contributed by atoms with Crippen LogP contribution in [0.15, 0.2) is 0 Å². The molecule has 0 saturated carbocycles. The van der Waals surface area contributed by atoms with Gasteiger partial charge in [0.05, 0.1) is 0 Å². The van der Waals surface area contributed by atoms with E-state index in [0.717, 1.165) is 5.75 Å². The molecule has 0 aromatic carbocycles. The molecule has 1 fully saturated rings. The Kier molecular flexibility index (Phi) is 6.58. The van der Waals surface area contributed by atoms with E-state index in [4.69, 9.17) is 5.73 Å². The van der Waals surface area contributed by atoms with Gasteiger partial charge in [0.2, 0.25) is 5.91 Å². The Morgan fingerprint density at radius 2 is 2.26 bits per heavy atom. The molecule has 1 amide bonds. The van der Waals surface area contributed by atoms with Gasteiger partial charge >= 0.3 is 0 Å². The Bertz CT molecular complexity index is 400. The van der Waals surface area contributed by atoms with E-state index in [0.29, 0.717) is 18.8 Å². The first-order valence-corrected chi connectivity index (χ1v) is 9.50. The van der Waals surface area contributed by atoms with Crippen molar-refractivity contribution in [2.24, 2.45) is 5.73 Å². The van der Waals surface area contributed by atoms with E-state index in [1.165, 1.54) is 6.26 Å². The second-order valence-electron chi connectivity index (χ2n) is 4.64. The molecule has 19 heavy (non-hydrogen) atoms. The summed E-state index contributed by atoms with van der Waals surface area (Å²) in [7, 11) is -3.16. The zero-order valence-corrected chi connectivity index (χ0v) is 13.1. The number of thioether (sulfide) groups is 1. The highest BCUT2D eigenvalue weighted by Gasteiger charge is 2.35. The first-order valence-electron chi connectivity index (χ1n) is 6.39. The molecular formula is C11H23N3O3S2. The van der Waals surface area contributed by atoms with Gasteiger partial charge in [0.15, 0.2) is 9.84 Å². The van der Waals surface area contributed by atoms with Gasteiger partial charge in [0.1, 0.15) is 5.37 Å². The maximum Gasteiger partial charge on any atom is 0.221 e. The number of hydrogen-bond acceptors (Lipinski definition) is 6. The molecule has 2 unspecified atom stereocenters. The van der Waals surface area contributed by atoms with E-state index in [2.05, 4.69) is 5.32 Å².